The molecule has 0 unspecified atom stereocenters. The lowest BCUT2D eigenvalue weighted by molar-refractivity contribution is 0.102. The Bertz CT molecular complexity index is 947. The highest BCUT2D eigenvalue weighted by Crippen LogP contribution is 2.29. The fourth-order valence-corrected chi connectivity index (χ4v) is 3.01. The van der Waals surface area contributed by atoms with Crippen molar-refractivity contribution in [1.82, 2.24) is 4.31 Å². The fourth-order valence-electron chi connectivity index (χ4n) is 2.08. The zero-order chi connectivity index (χ0) is 18.6. The maximum Gasteiger partial charge on any atom is 0.255 e. The summed E-state index contributed by atoms with van der Waals surface area (Å²) >= 11 is 0. The van der Waals surface area contributed by atoms with E-state index < -0.39 is 15.9 Å². The molecule has 2 aromatic carbocycles. The summed E-state index contributed by atoms with van der Waals surface area (Å²) in [6.45, 7) is 0. The van der Waals surface area contributed by atoms with Gasteiger partial charge in [0.2, 0.25) is 10.0 Å². The molecule has 2 rings (SSSR count). The van der Waals surface area contributed by atoms with Gasteiger partial charge in [-0.25, -0.2) is 12.7 Å². The second kappa shape index (κ2) is 7.34. The number of nitriles is 1. The predicted molar refractivity (Wildman–Crippen MR) is 93.0 cm³/mol. The molecule has 0 saturated carbocycles. The molecule has 0 fully saturated rings. The molecule has 25 heavy (non-hydrogen) atoms. The molecule has 1 N–H and O–H groups in total. The minimum atomic E-state index is -3.65. The quantitative estimate of drug-likeness (QED) is 0.881. The highest BCUT2D eigenvalue weighted by molar-refractivity contribution is 7.89. The average molecular weight is 359 g/mol. The van der Waals surface area contributed by atoms with Crippen LogP contribution < -0.4 is 10.1 Å². The molecule has 7 nitrogen and oxygen atoms in total. The first-order valence-electron chi connectivity index (χ1n) is 7.21. The van der Waals surface area contributed by atoms with Gasteiger partial charge in [0.1, 0.15) is 5.75 Å². The molecule has 0 spiro atoms. The number of methoxy groups -OCH3 is 1. The van der Waals surface area contributed by atoms with Crippen molar-refractivity contribution in [2.24, 2.45) is 0 Å². The number of carbonyl (C=O) groups excluding carboxylic acids is 1. The lowest BCUT2D eigenvalue weighted by Gasteiger charge is -2.15. The Kier molecular flexibility index (Phi) is 5.41. The third kappa shape index (κ3) is 3.96. The van der Waals surface area contributed by atoms with Crippen LogP contribution in [-0.4, -0.2) is 39.8 Å². The van der Waals surface area contributed by atoms with Crippen LogP contribution in [0.4, 0.5) is 5.69 Å². The van der Waals surface area contributed by atoms with E-state index in [2.05, 4.69) is 5.32 Å². The Labute approximate surface area is 146 Å². The average Bonchev–Trinajstić information content (AvgIpc) is 2.61. The predicted octanol–water partition coefficient (Wildman–Crippen LogP) is 2.07. The molecule has 130 valence electrons. The van der Waals surface area contributed by atoms with Crippen molar-refractivity contribution >= 4 is 21.6 Å². The summed E-state index contributed by atoms with van der Waals surface area (Å²) in [5, 5.41) is 11.5. The van der Waals surface area contributed by atoms with E-state index in [1.54, 1.807) is 18.2 Å². The van der Waals surface area contributed by atoms with Crippen molar-refractivity contribution < 1.29 is 17.9 Å². The van der Waals surface area contributed by atoms with E-state index in [0.717, 1.165) is 4.31 Å². The minimum absolute atomic E-state index is 0.0272. The molecule has 0 saturated heterocycles. The largest absolute Gasteiger partial charge is 0.495 e. The van der Waals surface area contributed by atoms with Crippen LogP contribution in [0.3, 0.4) is 0 Å². The lowest BCUT2D eigenvalue weighted by atomic mass is 10.1. The summed E-state index contributed by atoms with van der Waals surface area (Å²) in [7, 11) is 0.610. The van der Waals surface area contributed by atoms with Crippen LogP contribution in [0.15, 0.2) is 47.4 Å². The van der Waals surface area contributed by atoms with Crippen LogP contribution in [-0.2, 0) is 10.0 Å². The van der Waals surface area contributed by atoms with E-state index in [9.17, 15) is 13.2 Å². The summed E-state index contributed by atoms with van der Waals surface area (Å²) in [6.07, 6.45) is 0. The molecular formula is C17H17N3O4S. The number of rotatable bonds is 5. The van der Waals surface area contributed by atoms with E-state index in [4.69, 9.17) is 10.00 Å². The van der Waals surface area contributed by atoms with Gasteiger partial charge in [-0.2, -0.15) is 5.26 Å². The third-order valence-electron chi connectivity index (χ3n) is 3.45. The Morgan fingerprint density at radius 2 is 1.92 bits per heavy atom. The minimum Gasteiger partial charge on any atom is -0.495 e. The summed E-state index contributed by atoms with van der Waals surface area (Å²) in [5.41, 5.74) is 0.850. The fraction of sp³-hybridized carbons (Fsp3) is 0.176. The van der Waals surface area contributed by atoms with Crippen molar-refractivity contribution in [2.75, 3.05) is 26.5 Å². The molecule has 8 heteroatoms. The summed E-state index contributed by atoms with van der Waals surface area (Å²) in [4.78, 5) is 12.4. The van der Waals surface area contributed by atoms with Gasteiger partial charge in [0.05, 0.1) is 29.3 Å². The zero-order valence-corrected chi connectivity index (χ0v) is 14.8. The number of hydrogen-bond donors (Lipinski definition) is 1. The van der Waals surface area contributed by atoms with Gasteiger partial charge in [0, 0.05) is 19.7 Å². The highest BCUT2D eigenvalue weighted by Gasteiger charge is 2.20. The van der Waals surface area contributed by atoms with Crippen molar-refractivity contribution in [2.45, 2.75) is 4.90 Å². The molecule has 0 aliphatic carbocycles. The molecule has 0 aliphatic heterocycles. The van der Waals surface area contributed by atoms with Gasteiger partial charge in [0.15, 0.2) is 0 Å². The molecule has 0 atom stereocenters. The van der Waals surface area contributed by atoms with Crippen LogP contribution in [0, 0.1) is 11.3 Å². The van der Waals surface area contributed by atoms with Crippen LogP contribution in [0.2, 0.25) is 0 Å². The van der Waals surface area contributed by atoms with Gasteiger partial charge in [-0.1, -0.05) is 6.07 Å². The summed E-state index contributed by atoms with van der Waals surface area (Å²) in [6, 6.07) is 12.4. The maximum absolute atomic E-state index is 12.4. The van der Waals surface area contributed by atoms with Crippen LogP contribution in [0.1, 0.15) is 15.9 Å². The van der Waals surface area contributed by atoms with Crippen molar-refractivity contribution in [3.05, 3.63) is 53.6 Å². The van der Waals surface area contributed by atoms with E-state index >= 15 is 0 Å². The molecule has 1 amide bonds. The van der Waals surface area contributed by atoms with Crippen LogP contribution in [0.5, 0.6) is 5.75 Å². The van der Waals surface area contributed by atoms with Crippen molar-refractivity contribution in [1.29, 1.82) is 5.26 Å². The third-order valence-corrected chi connectivity index (χ3v) is 5.26. The topological polar surface area (TPSA) is 99.5 Å². The number of ether oxygens (including phenoxy) is 1. The number of amides is 1. The van der Waals surface area contributed by atoms with Gasteiger partial charge < -0.3 is 10.1 Å². The first-order valence-corrected chi connectivity index (χ1v) is 8.65. The number of carbonyl (C=O) groups is 1. The smallest absolute Gasteiger partial charge is 0.255 e. The second-order valence-electron chi connectivity index (χ2n) is 5.30. The van der Waals surface area contributed by atoms with E-state index in [1.165, 1.54) is 45.5 Å². The van der Waals surface area contributed by atoms with E-state index in [-0.39, 0.29) is 16.1 Å². The van der Waals surface area contributed by atoms with Crippen molar-refractivity contribution in [3.8, 4) is 11.8 Å². The number of nitrogens with zero attached hydrogens (tertiary/aromatic N) is 2. The standard InChI is InChI=1S/C17H17N3O4S/c1-20(2)25(22,23)14-7-8-16(24-3)15(10-14)19-17(21)13-6-4-5-12(9-13)11-18/h4-10H,1-3H3,(H,19,21). The first kappa shape index (κ1) is 18.4. The Hall–Kier alpha value is -2.89. The summed E-state index contributed by atoms with van der Waals surface area (Å²) in [5.74, 6) is -0.155. The number of sulfonamides is 1. The zero-order valence-electron chi connectivity index (χ0n) is 14.0. The van der Waals surface area contributed by atoms with Gasteiger partial charge in [-0.3, -0.25) is 4.79 Å². The Morgan fingerprint density at radius 1 is 1.20 bits per heavy atom. The number of hydrogen-bond acceptors (Lipinski definition) is 5. The maximum atomic E-state index is 12.4. The second-order valence-corrected chi connectivity index (χ2v) is 7.45. The molecule has 2 aromatic rings. The Morgan fingerprint density at radius 3 is 2.52 bits per heavy atom. The SMILES string of the molecule is COc1ccc(S(=O)(=O)N(C)C)cc1NC(=O)c1cccc(C#N)c1. The molecule has 0 bridgehead atoms. The number of anilines is 1. The van der Waals surface area contributed by atoms with Gasteiger partial charge in [-0.15, -0.1) is 0 Å². The highest BCUT2D eigenvalue weighted by atomic mass is 32.2. The molecule has 0 heterocycles. The van der Waals surface area contributed by atoms with Crippen LogP contribution in [0.25, 0.3) is 0 Å². The van der Waals surface area contributed by atoms with E-state index in [0.29, 0.717) is 11.3 Å². The van der Waals surface area contributed by atoms with Crippen molar-refractivity contribution in [3.63, 3.8) is 0 Å². The van der Waals surface area contributed by atoms with Gasteiger partial charge in [-0.05, 0) is 36.4 Å². The number of nitrogens with one attached hydrogen (secondary N) is 1. The van der Waals surface area contributed by atoms with E-state index in [1.807, 2.05) is 6.07 Å². The molecular weight excluding hydrogens is 342 g/mol. The molecule has 0 aliphatic rings. The molecule has 0 radical (unpaired) electrons. The normalized spacial score (nSPS) is 11.0. The summed E-state index contributed by atoms with van der Waals surface area (Å²) < 4.78 is 30.8. The van der Waals surface area contributed by atoms with Gasteiger partial charge >= 0.3 is 0 Å². The monoisotopic (exact) mass is 359 g/mol. The lowest BCUT2D eigenvalue weighted by Crippen LogP contribution is -2.22. The molecule has 0 aromatic heterocycles. The van der Waals surface area contributed by atoms with Gasteiger partial charge in [0.25, 0.3) is 5.91 Å². The van der Waals surface area contributed by atoms with Crippen LogP contribution >= 0.6 is 0 Å². The first-order chi connectivity index (χ1) is 11.8. The Balaban J connectivity index is 2.41. The number of benzene rings is 2.